The molecule has 1 fully saturated rings. The number of carbonyl (C=O) groups is 3. The molecule has 0 radical (unpaired) electrons. The van der Waals surface area contributed by atoms with E-state index in [2.05, 4.69) is 21.2 Å². The van der Waals surface area contributed by atoms with Crippen molar-refractivity contribution in [1.29, 1.82) is 0 Å². The molecule has 1 aliphatic heterocycles. The molecular weight excluding hydrogens is 436 g/mol. The maximum absolute atomic E-state index is 12.4. The van der Waals surface area contributed by atoms with Crippen molar-refractivity contribution in [1.82, 2.24) is 0 Å². The van der Waals surface area contributed by atoms with Gasteiger partial charge in [-0.1, -0.05) is 33.6 Å². The van der Waals surface area contributed by atoms with Crippen LogP contribution in [-0.4, -0.2) is 30.9 Å². The molecule has 1 N–H and O–H groups in total. The van der Waals surface area contributed by atoms with E-state index in [0.29, 0.717) is 5.69 Å². The number of rotatable bonds is 5. The number of nitrogens with zero attached hydrogens (tertiary/aromatic N) is 1. The number of ether oxygens (including phenoxy) is 1. The molecule has 1 saturated heterocycles. The first-order valence-corrected chi connectivity index (χ1v) is 10.1. The largest absolute Gasteiger partial charge is 0.455 e. The lowest BCUT2D eigenvalue weighted by Crippen LogP contribution is -2.28. The molecule has 7 heteroatoms. The zero-order chi connectivity index (χ0) is 21.1. The van der Waals surface area contributed by atoms with Crippen molar-refractivity contribution < 1.29 is 19.1 Å². The fourth-order valence-electron chi connectivity index (χ4n) is 3.38. The van der Waals surface area contributed by atoms with Crippen molar-refractivity contribution in [2.45, 2.75) is 27.2 Å². The van der Waals surface area contributed by atoms with E-state index in [1.54, 1.807) is 11.0 Å². The van der Waals surface area contributed by atoms with Crippen molar-refractivity contribution in [2.75, 3.05) is 23.4 Å². The van der Waals surface area contributed by atoms with E-state index < -0.39 is 17.8 Å². The molecule has 1 aliphatic rings. The highest BCUT2D eigenvalue weighted by molar-refractivity contribution is 9.10. The molecule has 29 heavy (non-hydrogen) atoms. The number of amides is 2. The number of carbonyl (C=O) groups excluding carboxylic acids is 3. The minimum Gasteiger partial charge on any atom is -0.455 e. The topological polar surface area (TPSA) is 75.7 Å². The van der Waals surface area contributed by atoms with Gasteiger partial charge in [-0.25, -0.2) is 0 Å². The van der Waals surface area contributed by atoms with Crippen LogP contribution in [0.15, 0.2) is 40.9 Å². The highest BCUT2D eigenvalue weighted by atomic mass is 79.9. The Balaban J connectivity index is 1.55. The minimum atomic E-state index is -0.578. The number of nitrogens with one attached hydrogen (secondary N) is 1. The molecule has 2 aromatic carbocycles. The molecule has 6 nitrogen and oxygen atoms in total. The Bertz CT molecular complexity index is 973. The van der Waals surface area contributed by atoms with Gasteiger partial charge in [-0.2, -0.15) is 0 Å². The third-order valence-corrected chi connectivity index (χ3v) is 5.78. The van der Waals surface area contributed by atoms with E-state index in [-0.39, 0.29) is 25.5 Å². The van der Waals surface area contributed by atoms with Crippen LogP contribution in [-0.2, 0) is 19.1 Å². The smallest absolute Gasteiger partial charge is 0.311 e. The van der Waals surface area contributed by atoms with Gasteiger partial charge in [0.2, 0.25) is 5.91 Å². The minimum absolute atomic E-state index is 0.0830. The summed E-state index contributed by atoms with van der Waals surface area (Å²) in [5, 5.41) is 2.70. The molecule has 0 saturated carbocycles. The van der Waals surface area contributed by atoms with Crippen molar-refractivity contribution in [3.8, 4) is 0 Å². The van der Waals surface area contributed by atoms with Gasteiger partial charge >= 0.3 is 5.97 Å². The van der Waals surface area contributed by atoms with Crippen LogP contribution >= 0.6 is 15.9 Å². The molecule has 3 rings (SSSR count). The Hall–Kier alpha value is -2.67. The lowest BCUT2D eigenvalue weighted by atomic mass is 10.1. The van der Waals surface area contributed by atoms with Crippen LogP contribution in [0.5, 0.6) is 0 Å². The molecular formula is C22H23BrN2O4. The summed E-state index contributed by atoms with van der Waals surface area (Å²) in [5.74, 6) is -1.65. The Morgan fingerprint density at radius 1 is 1.14 bits per heavy atom. The van der Waals surface area contributed by atoms with E-state index >= 15 is 0 Å². The second kappa shape index (κ2) is 8.78. The summed E-state index contributed by atoms with van der Waals surface area (Å²) < 4.78 is 6.10. The van der Waals surface area contributed by atoms with E-state index in [0.717, 1.165) is 26.9 Å². The van der Waals surface area contributed by atoms with Crippen molar-refractivity contribution in [3.63, 3.8) is 0 Å². The standard InChI is InChI=1S/C22H23BrN2O4/c1-13-4-7-19(15(3)8-13)25-11-16(10-21(25)27)22(28)29-12-20(26)24-17-5-6-18(23)14(2)9-17/h4-9,16H,10-12H2,1-3H3,(H,24,26)/t16-/m1/s1. The summed E-state index contributed by atoms with van der Waals surface area (Å²) in [6, 6.07) is 11.2. The number of benzene rings is 2. The van der Waals surface area contributed by atoms with Crippen LogP contribution in [0.1, 0.15) is 23.1 Å². The molecule has 1 heterocycles. The average Bonchev–Trinajstić information content (AvgIpc) is 3.04. The number of aryl methyl sites for hydroxylation is 3. The SMILES string of the molecule is Cc1ccc(N2C[C@H](C(=O)OCC(=O)Nc3ccc(Br)c(C)c3)CC2=O)c(C)c1. The van der Waals surface area contributed by atoms with Crippen molar-refractivity contribution >= 4 is 45.1 Å². The number of hydrogen-bond donors (Lipinski definition) is 1. The second-order valence-electron chi connectivity index (χ2n) is 7.32. The Labute approximate surface area is 178 Å². The van der Waals surface area contributed by atoms with Gasteiger partial charge < -0.3 is 15.0 Å². The first-order chi connectivity index (χ1) is 13.7. The summed E-state index contributed by atoms with van der Waals surface area (Å²) in [4.78, 5) is 38.5. The predicted molar refractivity (Wildman–Crippen MR) is 115 cm³/mol. The highest BCUT2D eigenvalue weighted by Gasteiger charge is 2.36. The monoisotopic (exact) mass is 458 g/mol. The molecule has 0 bridgehead atoms. The quantitative estimate of drug-likeness (QED) is 0.689. The van der Waals surface area contributed by atoms with Crippen LogP contribution < -0.4 is 10.2 Å². The van der Waals surface area contributed by atoms with E-state index in [1.165, 1.54) is 0 Å². The maximum Gasteiger partial charge on any atom is 0.311 e. The Morgan fingerprint density at radius 3 is 2.59 bits per heavy atom. The normalized spacial score (nSPS) is 16.1. The van der Waals surface area contributed by atoms with E-state index in [1.807, 2.05) is 51.1 Å². The van der Waals surface area contributed by atoms with Gasteiger partial charge in [-0.15, -0.1) is 0 Å². The Kier molecular flexibility index (Phi) is 6.37. The number of esters is 1. The maximum atomic E-state index is 12.4. The fraction of sp³-hybridized carbons (Fsp3) is 0.318. The van der Waals surface area contributed by atoms with Crippen LogP contribution in [0.4, 0.5) is 11.4 Å². The molecule has 0 aliphatic carbocycles. The molecule has 152 valence electrons. The number of anilines is 2. The molecule has 0 unspecified atom stereocenters. The summed E-state index contributed by atoms with van der Waals surface area (Å²) >= 11 is 3.40. The molecule has 1 atom stereocenters. The van der Waals surface area contributed by atoms with Crippen molar-refractivity contribution in [2.24, 2.45) is 5.92 Å². The van der Waals surface area contributed by atoms with E-state index in [4.69, 9.17) is 4.74 Å². The van der Waals surface area contributed by atoms with Crippen LogP contribution in [0, 0.1) is 26.7 Å². The fourth-order valence-corrected chi connectivity index (χ4v) is 3.63. The molecule has 2 aromatic rings. The third kappa shape index (κ3) is 5.03. The molecule has 0 aromatic heterocycles. The first kappa shape index (κ1) is 21.0. The van der Waals surface area contributed by atoms with Gasteiger partial charge in [0.25, 0.3) is 5.91 Å². The zero-order valence-corrected chi connectivity index (χ0v) is 18.2. The molecule has 2 amide bonds. The van der Waals surface area contributed by atoms with Gasteiger partial charge in [-0.3, -0.25) is 14.4 Å². The highest BCUT2D eigenvalue weighted by Crippen LogP contribution is 2.29. The van der Waals surface area contributed by atoms with E-state index in [9.17, 15) is 14.4 Å². The predicted octanol–water partition coefficient (Wildman–Crippen LogP) is 3.91. The average molecular weight is 459 g/mol. The summed E-state index contributed by atoms with van der Waals surface area (Å²) in [6.07, 6.45) is 0.0830. The molecule has 0 spiro atoms. The third-order valence-electron chi connectivity index (χ3n) is 4.89. The van der Waals surface area contributed by atoms with Gasteiger partial charge in [-0.05, 0) is 56.2 Å². The Morgan fingerprint density at radius 2 is 1.90 bits per heavy atom. The van der Waals surface area contributed by atoms with Gasteiger partial charge in [0, 0.05) is 28.8 Å². The van der Waals surface area contributed by atoms with Crippen LogP contribution in [0.2, 0.25) is 0 Å². The van der Waals surface area contributed by atoms with Gasteiger partial charge in [0.1, 0.15) is 0 Å². The van der Waals surface area contributed by atoms with Crippen LogP contribution in [0.25, 0.3) is 0 Å². The number of hydrogen-bond acceptors (Lipinski definition) is 4. The zero-order valence-electron chi connectivity index (χ0n) is 16.6. The lowest BCUT2D eigenvalue weighted by molar-refractivity contribution is -0.151. The van der Waals surface area contributed by atoms with Crippen molar-refractivity contribution in [3.05, 3.63) is 57.6 Å². The summed E-state index contributed by atoms with van der Waals surface area (Å²) in [6.45, 7) is 5.72. The lowest BCUT2D eigenvalue weighted by Gasteiger charge is -2.19. The van der Waals surface area contributed by atoms with Gasteiger partial charge in [0.15, 0.2) is 6.61 Å². The van der Waals surface area contributed by atoms with Crippen LogP contribution in [0.3, 0.4) is 0 Å². The first-order valence-electron chi connectivity index (χ1n) is 9.35. The van der Waals surface area contributed by atoms with Gasteiger partial charge in [0.05, 0.1) is 5.92 Å². The number of halogens is 1. The second-order valence-corrected chi connectivity index (χ2v) is 8.17. The summed E-state index contributed by atoms with van der Waals surface area (Å²) in [7, 11) is 0. The summed E-state index contributed by atoms with van der Waals surface area (Å²) in [5.41, 5.74) is 4.51.